The first-order valence-electron chi connectivity index (χ1n) is 11.5. The van der Waals surface area contributed by atoms with Crippen LogP contribution in [0.1, 0.15) is 25.0 Å². The number of hydrogen-bond acceptors (Lipinski definition) is 7. The Morgan fingerprint density at radius 2 is 1.88 bits per heavy atom. The van der Waals surface area contributed by atoms with Crippen LogP contribution in [0.3, 0.4) is 0 Å². The molecule has 0 radical (unpaired) electrons. The first-order chi connectivity index (χ1) is 16.1. The summed E-state index contributed by atoms with van der Waals surface area (Å²) in [7, 11) is 0. The Morgan fingerprint density at radius 3 is 2.67 bits per heavy atom. The average molecular weight is 453 g/mol. The standard InChI is InChI=1S/C23H26F2N8/c1-14-19(25)21(27-13-26-14)31-11-15-6-7-16(12-31)20(15)28-22-29-23-32(8-3-9-33(23)30-22)18-5-2-4-17(24)10-18/h2,4-5,10,13,15-16,20H,3,6-9,11-12H2,1H3,(H,28,30)/t15-,16+,20-. The molecule has 3 aliphatic rings. The van der Waals surface area contributed by atoms with Gasteiger partial charge in [0.15, 0.2) is 11.6 Å². The summed E-state index contributed by atoms with van der Waals surface area (Å²) in [6.45, 7) is 4.71. The Kier molecular flexibility index (Phi) is 4.88. The van der Waals surface area contributed by atoms with E-state index in [1.807, 2.05) is 15.6 Å². The van der Waals surface area contributed by atoms with Gasteiger partial charge >= 0.3 is 0 Å². The van der Waals surface area contributed by atoms with Crippen LogP contribution >= 0.6 is 0 Å². The van der Waals surface area contributed by atoms with Gasteiger partial charge in [-0.3, -0.25) is 0 Å². The van der Waals surface area contributed by atoms with Crippen LogP contribution in [0.4, 0.5) is 32.2 Å². The van der Waals surface area contributed by atoms with Crippen LogP contribution in [0.25, 0.3) is 0 Å². The van der Waals surface area contributed by atoms with Crippen LogP contribution in [-0.2, 0) is 6.54 Å². The number of benzene rings is 1. The highest BCUT2D eigenvalue weighted by Crippen LogP contribution is 2.40. The van der Waals surface area contributed by atoms with Crippen LogP contribution in [0.2, 0.25) is 0 Å². The van der Waals surface area contributed by atoms with E-state index in [1.165, 1.54) is 18.5 Å². The van der Waals surface area contributed by atoms with E-state index in [0.717, 1.165) is 57.1 Å². The maximum absolute atomic E-state index is 14.6. The highest BCUT2D eigenvalue weighted by molar-refractivity contribution is 5.59. The minimum Gasteiger partial charge on any atom is -0.353 e. The molecule has 0 spiro atoms. The highest BCUT2D eigenvalue weighted by Gasteiger charge is 2.43. The predicted octanol–water partition coefficient (Wildman–Crippen LogP) is 3.52. The normalized spacial score (nSPS) is 24.2. The van der Waals surface area contributed by atoms with Crippen LogP contribution in [0.5, 0.6) is 0 Å². The SMILES string of the molecule is Cc1ncnc(N2C[C@H]3CC[C@@H](C2)[C@@H]3Nc2nc3n(n2)CCCN3c2cccc(F)c2)c1F. The van der Waals surface area contributed by atoms with E-state index in [1.54, 1.807) is 13.0 Å². The molecule has 8 nitrogen and oxygen atoms in total. The fourth-order valence-corrected chi connectivity index (χ4v) is 5.56. The number of halogens is 2. The second-order valence-corrected chi connectivity index (χ2v) is 9.21. The minimum atomic E-state index is -0.329. The van der Waals surface area contributed by atoms with E-state index in [2.05, 4.69) is 20.2 Å². The van der Waals surface area contributed by atoms with Gasteiger partial charge in [0, 0.05) is 37.9 Å². The molecule has 2 bridgehead atoms. The van der Waals surface area contributed by atoms with E-state index >= 15 is 0 Å². The molecular formula is C23H26F2N8. The summed E-state index contributed by atoms with van der Waals surface area (Å²) in [5, 5.41) is 8.29. The zero-order chi connectivity index (χ0) is 22.5. The zero-order valence-electron chi connectivity index (χ0n) is 18.5. The van der Waals surface area contributed by atoms with Gasteiger partial charge < -0.3 is 15.1 Å². The van der Waals surface area contributed by atoms with Crippen molar-refractivity contribution >= 4 is 23.4 Å². The molecule has 3 atom stereocenters. The van der Waals surface area contributed by atoms with Gasteiger partial charge in [-0.2, -0.15) is 4.98 Å². The summed E-state index contributed by atoms with van der Waals surface area (Å²) >= 11 is 0. The third-order valence-electron chi connectivity index (χ3n) is 7.14. The maximum Gasteiger partial charge on any atom is 0.244 e. The molecule has 1 saturated carbocycles. The minimum absolute atomic E-state index is 0.235. The van der Waals surface area contributed by atoms with Gasteiger partial charge in [0.05, 0.1) is 5.69 Å². The molecule has 1 aliphatic carbocycles. The molecular weight excluding hydrogens is 426 g/mol. The summed E-state index contributed by atoms with van der Waals surface area (Å²) < 4.78 is 30.3. The van der Waals surface area contributed by atoms with Crippen LogP contribution in [0.15, 0.2) is 30.6 Å². The molecule has 1 saturated heterocycles. The molecule has 2 aliphatic heterocycles. The summed E-state index contributed by atoms with van der Waals surface area (Å²) in [5.74, 6) is 1.87. The molecule has 1 N–H and O–H groups in total. The summed E-state index contributed by atoms with van der Waals surface area (Å²) in [4.78, 5) is 17.0. The van der Waals surface area contributed by atoms with Gasteiger partial charge in [0.25, 0.3) is 0 Å². The lowest BCUT2D eigenvalue weighted by Crippen LogP contribution is -2.48. The van der Waals surface area contributed by atoms with Gasteiger partial charge in [0.1, 0.15) is 12.1 Å². The Labute approximate surface area is 190 Å². The van der Waals surface area contributed by atoms with Crippen LogP contribution < -0.4 is 15.1 Å². The van der Waals surface area contributed by atoms with Crippen molar-refractivity contribution in [3.05, 3.63) is 47.9 Å². The molecule has 3 aromatic rings. The van der Waals surface area contributed by atoms with Crippen molar-refractivity contribution in [3.63, 3.8) is 0 Å². The fourth-order valence-electron chi connectivity index (χ4n) is 5.56. The Bertz CT molecular complexity index is 1170. The monoisotopic (exact) mass is 452 g/mol. The molecule has 0 unspecified atom stereocenters. The van der Waals surface area contributed by atoms with Gasteiger partial charge in [-0.05, 0) is 56.2 Å². The van der Waals surface area contributed by atoms with E-state index < -0.39 is 0 Å². The molecule has 2 aromatic heterocycles. The Hall–Kier alpha value is -3.30. The largest absolute Gasteiger partial charge is 0.353 e. The van der Waals surface area contributed by atoms with Gasteiger partial charge in [-0.25, -0.2) is 23.4 Å². The number of fused-ring (bicyclic) bond motifs is 3. The fraction of sp³-hybridized carbons (Fsp3) is 0.478. The maximum atomic E-state index is 14.6. The van der Waals surface area contributed by atoms with Crippen molar-refractivity contribution in [3.8, 4) is 0 Å². The number of nitrogens with zero attached hydrogens (tertiary/aromatic N) is 7. The van der Waals surface area contributed by atoms with Crippen molar-refractivity contribution in [2.75, 3.05) is 34.8 Å². The number of nitrogens with one attached hydrogen (secondary N) is 1. The topological polar surface area (TPSA) is 75.0 Å². The van der Waals surface area contributed by atoms with Gasteiger partial charge in [-0.15, -0.1) is 5.10 Å². The van der Waals surface area contributed by atoms with E-state index in [9.17, 15) is 8.78 Å². The third kappa shape index (κ3) is 3.57. The lowest BCUT2D eigenvalue weighted by atomic mass is 9.92. The summed E-state index contributed by atoms with van der Waals surface area (Å²) in [6.07, 6.45) is 4.50. The Morgan fingerprint density at radius 1 is 1.06 bits per heavy atom. The van der Waals surface area contributed by atoms with Crippen molar-refractivity contribution in [1.82, 2.24) is 24.7 Å². The molecule has 172 valence electrons. The molecule has 33 heavy (non-hydrogen) atoms. The number of rotatable bonds is 4. The summed E-state index contributed by atoms with van der Waals surface area (Å²) in [6, 6.07) is 6.82. The second kappa shape index (κ2) is 7.93. The molecule has 0 amide bonds. The zero-order valence-corrected chi connectivity index (χ0v) is 18.5. The van der Waals surface area contributed by atoms with Crippen LogP contribution in [-0.4, -0.2) is 50.4 Å². The number of aromatic nitrogens is 5. The third-order valence-corrected chi connectivity index (χ3v) is 7.14. The first kappa shape index (κ1) is 20.3. The highest BCUT2D eigenvalue weighted by atomic mass is 19.1. The Balaban J connectivity index is 1.21. The van der Waals surface area contributed by atoms with Crippen molar-refractivity contribution in [2.24, 2.45) is 11.8 Å². The van der Waals surface area contributed by atoms with E-state index in [0.29, 0.717) is 29.3 Å². The van der Waals surface area contributed by atoms with Crippen molar-refractivity contribution < 1.29 is 8.78 Å². The molecule has 2 fully saturated rings. The van der Waals surface area contributed by atoms with Crippen molar-refractivity contribution in [2.45, 2.75) is 38.8 Å². The lowest BCUT2D eigenvalue weighted by molar-refractivity contribution is 0.371. The molecule has 6 rings (SSSR count). The summed E-state index contributed by atoms with van der Waals surface area (Å²) in [5.41, 5.74) is 1.16. The van der Waals surface area contributed by atoms with Crippen LogP contribution in [0, 0.1) is 30.4 Å². The number of anilines is 4. The lowest BCUT2D eigenvalue weighted by Gasteiger charge is -2.38. The first-order valence-corrected chi connectivity index (χ1v) is 11.5. The van der Waals surface area contributed by atoms with E-state index in [-0.39, 0.29) is 17.7 Å². The molecule has 10 heteroatoms. The van der Waals surface area contributed by atoms with Crippen molar-refractivity contribution in [1.29, 1.82) is 0 Å². The number of hydrogen-bond donors (Lipinski definition) is 1. The van der Waals surface area contributed by atoms with Gasteiger partial charge in [-0.1, -0.05) is 6.07 Å². The second-order valence-electron chi connectivity index (χ2n) is 9.21. The predicted molar refractivity (Wildman–Crippen MR) is 121 cm³/mol. The van der Waals surface area contributed by atoms with E-state index in [4.69, 9.17) is 10.1 Å². The number of piperidine rings is 1. The number of aryl methyl sites for hydroxylation is 2. The van der Waals surface area contributed by atoms with Gasteiger partial charge in [0.2, 0.25) is 11.9 Å². The molecule has 1 aromatic carbocycles. The smallest absolute Gasteiger partial charge is 0.244 e. The molecule has 4 heterocycles. The quantitative estimate of drug-likeness (QED) is 0.649. The average Bonchev–Trinajstić information content (AvgIpc) is 3.31.